The van der Waals surface area contributed by atoms with Gasteiger partial charge in [0.05, 0.1) is 11.3 Å². The lowest BCUT2D eigenvalue weighted by Crippen LogP contribution is -2.33. The Labute approximate surface area is 112 Å². The maximum Gasteiger partial charge on any atom is 0.273 e. The lowest BCUT2D eigenvalue weighted by Gasteiger charge is -2.20. The highest BCUT2D eigenvalue weighted by atomic mass is 16.6. The summed E-state index contributed by atoms with van der Waals surface area (Å²) in [6.07, 6.45) is 4.51. The van der Waals surface area contributed by atoms with Crippen molar-refractivity contribution in [3.05, 3.63) is 39.9 Å². The van der Waals surface area contributed by atoms with Crippen molar-refractivity contribution in [3.63, 3.8) is 0 Å². The Kier molecular flexibility index (Phi) is 4.49. The Morgan fingerprint density at radius 1 is 1.16 bits per heavy atom. The molecule has 1 fully saturated rings. The van der Waals surface area contributed by atoms with Crippen LogP contribution in [0.4, 0.5) is 5.69 Å². The number of likely N-dealkylation sites (tertiary alicyclic amines) is 1. The minimum absolute atomic E-state index is 0.00352. The molecule has 1 heterocycles. The third kappa shape index (κ3) is 3.53. The molecule has 1 saturated heterocycles. The molecular formula is C14H18N2O3. The van der Waals surface area contributed by atoms with Gasteiger partial charge < -0.3 is 4.90 Å². The summed E-state index contributed by atoms with van der Waals surface area (Å²) in [5.74, 6) is -0.00352. The van der Waals surface area contributed by atoms with Crippen molar-refractivity contribution in [2.45, 2.75) is 32.1 Å². The number of carbonyl (C=O) groups excluding carboxylic acids is 1. The van der Waals surface area contributed by atoms with Crippen molar-refractivity contribution in [2.24, 2.45) is 0 Å². The van der Waals surface area contributed by atoms with Crippen molar-refractivity contribution in [3.8, 4) is 0 Å². The number of nitro groups is 1. The van der Waals surface area contributed by atoms with Gasteiger partial charge in [-0.2, -0.15) is 0 Å². The van der Waals surface area contributed by atoms with Crippen LogP contribution < -0.4 is 0 Å². The standard InChI is InChI=1S/C14H18N2O3/c17-14(15-9-5-1-2-6-10-15)11-12-7-3-4-8-13(12)16(18)19/h3-4,7-8H,1-2,5-6,9-11H2. The number of nitro benzene ring substituents is 1. The summed E-state index contributed by atoms with van der Waals surface area (Å²) in [6.45, 7) is 1.55. The molecule has 0 spiro atoms. The molecule has 0 unspecified atom stereocenters. The normalized spacial score (nSPS) is 15.9. The van der Waals surface area contributed by atoms with E-state index in [4.69, 9.17) is 0 Å². The fourth-order valence-electron chi connectivity index (χ4n) is 2.43. The molecule has 1 aromatic rings. The molecular weight excluding hydrogens is 244 g/mol. The first-order valence-corrected chi connectivity index (χ1v) is 6.68. The number of para-hydroxylation sites is 1. The molecule has 1 aliphatic heterocycles. The zero-order chi connectivity index (χ0) is 13.7. The number of hydrogen-bond donors (Lipinski definition) is 0. The molecule has 0 aliphatic carbocycles. The summed E-state index contributed by atoms with van der Waals surface area (Å²) in [6, 6.07) is 6.47. The fourth-order valence-corrected chi connectivity index (χ4v) is 2.43. The van der Waals surface area contributed by atoms with E-state index in [1.54, 1.807) is 18.2 Å². The molecule has 1 aromatic carbocycles. The number of rotatable bonds is 3. The highest BCUT2D eigenvalue weighted by molar-refractivity contribution is 5.80. The lowest BCUT2D eigenvalue weighted by atomic mass is 10.1. The lowest BCUT2D eigenvalue weighted by molar-refractivity contribution is -0.385. The van der Waals surface area contributed by atoms with Crippen LogP contribution in [0.15, 0.2) is 24.3 Å². The number of carbonyl (C=O) groups is 1. The summed E-state index contributed by atoms with van der Waals surface area (Å²) in [4.78, 5) is 24.5. The summed E-state index contributed by atoms with van der Waals surface area (Å²) < 4.78 is 0. The Balaban J connectivity index is 2.07. The largest absolute Gasteiger partial charge is 0.342 e. The van der Waals surface area contributed by atoms with Gasteiger partial charge in [-0.1, -0.05) is 31.0 Å². The van der Waals surface area contributed by atoms with E-state index in [2.05, 4.69) is 0 Å². The number of benzene rings is 1. The smallest absolute Gasteiger partial charge is 0.273 e. The van der Waals surface area contributed by atoms with Gasteiger partial charge in [-0.15, -0.1) is 0 Å². The molecule has 0 N–H and O–H groups in total. The van der Waals surface area contributed by atoms with Crippen LogP contribution in [0.5, 0.6) is 0 Å². The molecule has 5 heteroatoms. The summed E-state index contributed by atoms with van der Waals surface area (Å²) in [5.41, 5.74) is 0.535. The first-order valence-electron chi connectivity index (χ1n) is 6.68. The quantitative estimate of drug-likeness (QED) is 0.621. The van der Waals surface area contributed by atoms with E-state index in [-0.39, 0.29) is 18.0 Å². The van der Waals surface area contributed by atoms with E-state index < -0.39 is 4.92 Å². The fraction of sp³-hybridized carbons (Fsp3) is 0.500. The van der Waals surface area contributed by atoms with Crippen LogP contribution in [0, 0.1) is 10.1 Å². The average molecular weight is 262 g/mol. The molecule has 0 aromatic heterocycles. The SMILES string of the molecule is O=C(Cc1ccccc1[N+](=O)[O-])N1CCCCCC1. The first kappa shape index (κ1) is 13.5. The highest BCUT2D eigenvalue weighted by Crippen LogP contribution is 2.19. The minimum Gasteiger partial charge on any atom is -0.342 e. The highest BCUT2D eigenvalue weighted by Gasteiger charge is 2.20. The van der Waals surface area contributed by atoms with Crippen molar-refractivity contribution >= 4 is 11.6 Å². The molecule has 1 aliphatic rings. The van der Waals surface area contributed by atoms with Gasteiger partial charge >= 0.3 is 0 Å². The third-order valence-corrected chi connectivity index (χ3v) is 3.49. The molecule has 5 nitrogen and oxygen atoms in total. The van der Waals surface area contributed by atoms with Crippen LogP contribution in [0.25, 0.3) is 0 Å². The topological polar surface area (TPSA) is 63.4 Å². The second kappa shape index (κ2) is 6.31. The number of amides is 1. The van der Waals surface area contributed by atoms with E-state index in [9.17, 15) is 14.9 Å². The third-order valence-electron chi connectivity index (χ3n) is 3.49. The molecule has 102 valence electrons. The van der Waals surface area contributed by atoms with Crippen molar-refractivity contribution < 1.29 is 9.72 Å². The Morgan fingerprint density at radius 3 is 2.42 bits per heavy atom. The van der Waals surface area contributed by atoms with Crippen molar-refractivity contribution in [1.82, 2.24) is 4.90 Å². The van der Waals surface area contributed by atoms with Gasteiger partial charge in [0.2, 0.25) is 5.91 Å². The molecule has 0 atom stereocenters. The van der Waals surface area contributed by atoms with E-state index in [1.165, 1.54) is 6.07 Å². The van der Waals surface area contributed by atoms with Gasteiger partial charge in [-0.3, -0.25) is 14.9 Å². The number of nitrogens with zero attached hydrogens (tertiary/aromatic N) is 2. The summed E-state index contributed by atoms with van der Waals surface area (Å²) in [5, 5.41) is 10.9. The van der Waals surface area contributed by atoms with E-state index in [1.807, 2.05) is 4.90 Å². The Morgan fingerprint density at radius 2 is 1.79 bits per heavy atom. The van der Waals surface area contributed by atoms with E-state index in [0.717, 1.165) is 38.8 Å². The van der Waals surface area contributed by atoms with Crippen LogP contribution in [0.2, 0.25) is 0 Å². The van der Waals surface area contributed by atoms with Crippen molar-refractivity contribution in [1.29, 1.82) is 0 Å². The Bertz CT molecular complexity index is 466. The van der Waals surface area contributed by atoms with Crippen molar-refractivity contribution in [2.75, 3.05) is 13.1 Å². The van der Waals surface area contributed by atoms with Crippen LogP contribution in [0.3, 0.4) is 0 Å². The zero-order valence-electron chi connectivity index (χ0n) is 10.9. The first-order chi connectivity index (χ1) is 9.18. The average Bonchev–Trinajstić information content (AvgIpc) is 2.68. The monoisotopic (exact) mass is 262 g/mol. The van der Waals surface area contributed by atoms with Gasteiger partial charge in [-0.05, 0) is 12.8 Å². The van der Waals surface area contributed by atoms with Crippen LogP contribution >= 0.6 is 0 Å². The van der Waals surface area contributed by atoms with Gasteiger partial charge in [0.15, 0.2) is 0 Å². The van der Waals surface area contributed by atoms with E-state index in [0.29, 0.717) is 5.56 Å². The molecule has 1 amide bonds. The molecule has 19 heavy (non-hydrogen) atoms. The molecule has 2 rings (SSSR count). The predicted molar refractivity (Wildman–Crippen MR) is 71.8 cm³/mol. The minimum atomic E-state index is -0.426. The molecule has 0 saturated carbocycles. The maximum absolute atomic E-state index is 12.2. The van der Waals surface area contributed by atoms with E-state index >= 15 is 0 Å². The second-order valence-electron chi connectivity index (χ2n) is 4.86. The summed E-state index contributed by atoms with van der Waals surface area (Å²) in [7, 11) is 0. The number of hydrogen-bond acceptors (Lipinski definition) is 3. The van der Waals surface area contributed by atoms with Gasteiger partial charge in [0, 0.05) is 24.7 Å². The van der Waals surface area contributed by atoms with Gasteiger partial charge in [-0.25, -0.2) is 0 Å². The summed E-state index contributed by atoms with van der Waals surface area (Å²) >= 11 is 0. The van der Waals surface area contributed by atoms with Crippen LogP contribution in [0.1, 0.15) is 31.2 Å². The predicted octanol–water partition coefficient (Wildman–Crippen LogP) is 2.54. The maximum atomic E-state index is 12.2. The molecule has 0 bridgehead atoms. The molecule has 0 radical (unpaired) electrons. The van der Waals surface area contributed by atoms with Crippen LogP contribution in [-0.2, 0) is 11.2 Å². The Hall–Kier alpha value is -1.91. The second-order valence-corrected chi connectivity index (χ2v) is 4.86. The van der Waals surface area contributed by atoms with Gasteiger partial charge in [0.25, 0.3) is 5.69 Å². The van der Waals surface area contributed by atoms with Crippen LogP contribution in [-0.4, -0.2) is 28.8 Å². The van der Waals surface area contributed by atoms with Gasteiger partial charge in [0.1, 0.15) is 0 Å². The zero-order valence-corrected chi connectivity index (χ0v) is 10.9.